The highest BCUT2D eigenvalue weighted by atomic mass is 16.1. The van der Waals surface area contributed by atoms with Crippen LogP contribution in [0.2, 0.25) is 0 Å². The van der Waals surface area contributed by atoms with E-state index < -0.39 is 0 Å². The van der Waals surface area contributed by atoms with Crippen LogP contribution >= 0.6 is 0 Å². The number of nitrogen functional groups attached to an aromatic ring is 2. The Balaban J connectivity index is 1.72. The lowest BCUT2D eigenvalue weighted by molar-refractivity contribution is -0.121. The molecule has 10 nitrogen and oxygen atoms in total. The molecule has 0 aliphatic carbocycles. The molecule has 0 radical (unpaired) electrons. The van der Waals surface area contributed by atoms with Crippen molar-refractivity contribution in [1.29, 1.82) is 0 Å². The van der Waals surface area contributed by atoms with Crippen LogP contribution in [0.3, 0.4) is 0 Å². The first-order chi connectivity index (χ1) is 13.5. The van der Waals surface area contributed by atoms with Gasteiger partial charge in [0.25, 0.3) is 0 Å². The van der Waals surface area contributed by atoms with Crippen LogP contribution in [-0.2, 0) is 17.9 Å². The number of benzene rings is 1. The van der Waals surface area contributed by atoms with Crippen LogP contribution in [0.15, 0.2) is 30.5 Å². The van der Waals surface area contributed by atoms with Crippen molar-refractivity contribution in [2.24, 2.45) is 5.73 Å². The molecule has 0 aliphatic heterocycles. The van der Waals surface area contributed by atoms with Crippen molar-refractivity contribution in [3.63, 3.8) is 0 Å². The maximum Gasteiger partial charge on any atom is 0.224 e. The van der Waals surface area contributed by atoms with Crippen LogP contribution in [0.5, 0.6) is 0 Å². The molecule has 0 unspecified atom stereocenters. The quantitative estimate of drug-likeness (QED) is 0.447. The Morgan fingerprint density at radius 1 is 1.21 bits per heavy atom. The molecular weight excluding hydrogens is 358 g/mol. The SMILES string of the molecule is CN(Cc1cnc2nc(N)nc(N)c2n1)c1cccc(CNC(=O)CCN)c1. The maximum absolute atomic E-state index is 11.6. The summed E-state index contributed by atoms with van der Waals surface area (Å²) in [6.07, 6.45) is 1.96. The first-order valence-electron chi connectivity index (χ1n) is 8.77. The monoisotopic (exact) mass is 381 g/mol. The lowest BCUT2D eigenvalue weighted by Gasteiger charge is -2.20. The lowest BCUT2D eigenvalue weighted by Crippen LogP contribution is -2.25. The molecule has 0 spiro atoms. The Bertz CT molecular complexity index is 992. The van der Waals surface area contributed by atoms with E-state index in [2.05, 4.69) is 25.3 Å². The number of carbonyl (C=O) groups is 1. The fourth-order valence-electron chi connectivity index (χ4n) is 2.72. The fraction of sp³-hybridized carbons (Fsp3) is 0.278. The predicted molar refractivity (Wildman–Crippen MR) is 108 cm³/mol. The minimum Gasteiger partial charge on any atom is -0.382 e. The molecule has 28 heavy (non-hydrogen) atoms. The van der Waals surface area contributed by atoms with Crippen molar-refractivity contribution in [2.75, 3.05) is 30.0 Å². The third-order valence-corrected chi connectivity index (χ3v) is 4.11. The zero-order chi connectivity index (χ0) is 20.1. The molecule has 2 aromatic heterocycles. The summed E-state index contributed by atoms with van der Waals surface area (Å²) in [5.74, 6) is 0.211. The van der Waals surface area contributed by atoms with Crippen molar-refractivity contribution in [3.05, 3.63) is 41.7 Å². The number of aromatic nitrogens is 4. The highest BCUT2D eigenvalue weighted by Crippen LogP contribution is 2.19. The first-order valence-corrected chi connectivity index (χ1v) is 8.77. The highest BCUT2D eigenvalue weighted by molar-refractivity contribution is 5.81. The molecule has 0 aliphatic rings. The number of anilines is 3. The number of nitrogens with two attached hydrogens (primary N) is 3. The van der Waals surface area contributed by atoms with E-state index in [1.165, 1.54) is 0 Å². The Morgan fingerprint density at radius 2 is 2.04 bits per heavy atom. The second-order valence-corrected chi connectivity index (χ2v) is 6.34. The Hall–Kier alpha value is -3.53. The normalized spacial score (nSPS) is 10.8. The minimum absolute atomic E-state index is 0.0619. The van der Waals surface area contributed by atoms with Gasteiger partial charge < -0.3 is 27.4 Å². The van der Waals surface area contributed by atoms with Crippen molar-refractivity contribution in [2.45, 2.75) is 19.5 Å². The van der Waals surface area contributed by atoms with Gasteiger partial charge >= 0.3 is 0 Å². The van der Waals surface area contributed by atoms with Gasteiger partial charge in [0.05, 0.1) is 18.4 Å². The Labute approximate surface area is 162 Å². The van der Waals surface area contributed by atoms with E-state index in [4.69, 9.17) is 17.2 Å². The van der Waals surface area contributed by atoms with E-state index in [0.29, 0.717) is 37.2 Å². The van der Waals surface area contributed by atoms with Gasteiger partial charge in [-0.25, -0.2) is 9.97 Å². The van der Waals surface area contributed by atoms with Crippen LogP contribution in [0, 0.1) is 0 Å². The van der Waals surface area contributed by atoms with E-state index in [0.717, 1.165) is 16.9 Å². The summed E-state index contributed by atoms with van der Waals surface area (Å²) < 4.78 is 0. The topological polar surface area (TPSA) is 162 Å². The maximum atomic E-state index is 11.6. The highest BCUT2D eigenvalue weighted by Gasteiger charge is 2.10. The van der Waals surface area contributed by atoms with Crippen molar-refractivity contribution < 1.29 is 4.79 Å². The van der Waals surface area contributed by atoms with Gasteiger partial charge in [-0.15, -0.1) is 0 Å². The molecule has 10 heteroatoms. The average molecular weight is 381 g/mol. The summed E-state index contributed by atoms with van der Waals surface area (Å²) in [6.45, 7) is 1.30. The summed E-state index contributed by atoms with van der Waals surface area (Å²) >= 11 is 0. The van der Waals surface area contributed by atoms with Crippen molar-refractivity contribution >= 4 is 34.5 Å². The fourth-order valence-corrected chi connectivity index (χ4v) is 2.72. The Kier molecular flexibility index (Phi) is 5.80. The number of hydrogen-bond acceptors (Lipinski definition) is 9. The van der Waals surface area contributed by atoms with Gasteiger partial charge in [-0.1, -0.05) is 12.1 Å². The van der Waals surface area contributed by atoms with E-state index in [-0.39, 0.29) is 17.7 Å². The van der Waals surface area contributed by atoms with Gasteiger partial charge in [-0.3, -0.25) is 4.79 Å². The van der Waals surface area contributed by atoms with E-state index in [1.807, 2.05) is 36.2 Å². The Morgan fingerprint density at radius 3 is 2.82 bits per heavy atom. The number of hydrogen-bond donors (Lipinski definition) is 4. The van der Waals surface area contributed by atoms with Crippen LogP contribution < -0.4 is 27.4 Å². The summed E-state index contributed by atoms with van der Waals surface area (Å²) in [5, 5.41) is 2.85. The molecule has 3 rings (SSSR count). The number of amides is 1. The molecule has 2 heterocycles. The number of nitrogens with one attached hydrogen (secondary N) is 1. The van der Waals surface area contributed by atoms with Crippen molar-refractivity contribution in [1.82, 2.24) is 25.3 Å². The molecular formula is C18H23N9O. The lowest BCUT2D eigenvalue weighted by atomic mass is 10.2. The molecule has 7 N–H and O–H groups in total. The average Bonchev–Trinajstić information content (AvgIpc) is 2.67. The summed E-state index contributed by atoms with van der Waals surface area (Å²) in [6, 6.07) is 7.89. The molecule has 0 atom stereocenters. The van der Waals surface area contributed by atoms with Crippen LogP contribution in [0.1, 0.15) is 17.7 Å². The molecule has 1 aromatic carbocycles. The smallest absolute Gasteiger partial charge is 0.224 e. The summed E-state index contributed by atoms with van der Waals surface area (Å²) in [7, 11) is 1.95. The summed E-state index contributed by atoms with van der Waals surface area (Å²) in [4.78, 5) is 30.3. The van der Waals surface area contributed by atoms with Gasteiger partial charge in [0, 0.05) is 32.2 Å². The second-order valence-electron chi connectivity index (χ2n) is 6.34. The van der Waals surface area contributed by atoms with Gasteiger partial charge in [-0.2, -0.15) is 9.97 Å². The minimum atomic E-state index is -0.0619. The molecule has 146 valence electrons. The number of rotatable bonds is 7. The van der Waals surface area contributed by atoms with Crippen LogP contribution in [-0.4, -0.2) is 39.4 Å². The number of nitrogens with zero attached hydrogens (tertiary/aromatic N) is 5. The molecule has 0 fully saturated rings. The second kappa shape index (κ2) is 8.44. The van der Waals surface area contributed by atoms with E-state index in [9.17, 15) is 4.79 Å². The van der Waals surface area contributed by atoms with Gasteiger partial charge in [-0.05, 0) is 17.7 Å². The first kappa shape index (κ1) is 19.2. The molecule has 1 amide bonds. The van der Waals surface area contributed by atoms with Crippen LogP contribution in [0.4, 0.5) is 17.5 Å². The summed E-state index contributed by atoms with van der Waals surface area (Å²) in [5.41, 5.74) is 20.3. The molecule has 0 saturated carbocycles. The zero-order valence-electron chi connectivity index (χ0n) is 15.6. The van der Waals surface area contributed by atoms with E-state index in [1.54, 1.807) is 6.20 Å². The van der Waals surface area contributed by atoms with Gasteiger partial charge in [0.1, 0.15) is 0 Å². The predicted octanol–water partition coefficient (Wildman–Crippen LogP) is 0.186. The third-order valence-electron chi connectivity index (χ3n) is 4.11. The number of carbonyl (C=O) groups excluding carboxylic acids is 1. The third kappa shape index (κ3) is 4.60. The molecule has 0 bridgehead atoms. The van der Waals surface area contributed by atoms with Crippen LogP contribution in [0.25, 0.3) is 11.2 Å². The van der Waals surface area contributed by atoms with Gasteiger partial charge in [0.15, 0.2) is 17.0 Å². The number of fused-ring (bicyclic) bond motifs is 1. The largest absolute Gasteiger partial charge is 0.382 e. The van der Waals surface area contributed by atoms with Gasteiger partial charge in [0.2, 0.25) is 11.9 Å². The standard InChI is InChI=1S/C18H23N9O/c1-27(13-4-2-3-11(7-13)8-22-14(28)5-6-19)10-12-9-23-17-15(24-12)16(20)25-18(21)26-17/h2-4,7,9H,5-6,8,10,19H2,1H3,(H,22,28)(H4,20,21,23,25,26). The van der Waals surface area contributed by atoms with E-state index >= 15 is 0 Å². The molecule has 0 saturated heterocycles. The van der Waals surface area contributed by atoms with Crippen molar-refractivity contribution in [3.8, 4) is 0 Å². The molecule has 3 aromatic rings. The zero-order valence-corrected chi connectivity index (χ0v) is 15.6.